The van der Waals surface area contributed by atoms with Crippen LogP contribution in [0.25, 0.3) is 0 Å². The zero-order valence-corrected chi connectivity index (χ0v) is 12.6. The minimum absolute atomic E-state index is 0.337. The van der Waals surface area contributed by atoms with Crippen LogP contribution in [-0.2, 0) is 4.79 Å². The summed E-state index contributed by atoms with van der Waals surface area (Å²) in [4.78, 5) is 26.3. The number of hydrogen-bond acceptors (Lipinski definition) is 3. The highest BCUT2D eigenvalue weighted by Crippen LogP contribution is 2.27. The van der Waals surface area contributed by atoms with Gasteiger partial charge in [-0.05, 0) is 13.0 Å². The SMILES string of the molecule is CC(c1ccccc1F)N(C)C(=O)N1CSC[C@H]1C(=O)O. The molecule has 1 aromatic rings. The summed E-state index contributed by atoms with van der Waals surface area (Å²) in [6, 6.07) is 4.57. The van der Waals surface area contributed by atoms with Gasteiger partial charge in [0, 0.05) is 18.4 Å². The minimum Gasteiger partial charge on any atom is -0.480 e. The van der Waals surface area contributed by atoms with E-state index >= 15 is 0 Å². The predicted octanol–water partition coefficient (Wildman–Crippen LogP) is 2.40. The maximum atomic E-state index is 13.8. The van der Waals surface area contributed by atoms with Crippen LogP contribution in [0.2, 0.25) is 0 Å². The lowest BCUT2D eigenvalue weighted by Gasteiger charge is -2.31. The highest BCUT2D eigenvalue weighted by atomic mass is 32.2. The molecule has 0 saturated carbocycles. The molecule has 1 unspecified atom stereocenters. The highest BCUT2D eigenvalue weighted by molar-refractivity contribution is 7.99. The number of carboxylic acids is 1. The van der Waals surface area contributed by atoms with Crippen LogP contribution in [0.1, 0.15) is 18.5 Å². The summed E-state index contributed by atoms with van der Waals surface area (Å²) in [6.07, 6.45) is 0. The Balaban J connectivity index is 2.16. The van der Waals surface area contributed by atoms with Gasteiger partial charge in [-0.1, -0.05) is 18.2 Å². The maximum Gasteiger partial charge on any atom is 0.327 e. The molecule has 1 aliphatic rings. The highest BCUT2D eigenvalue weighted by Gasteiger charge is 2.37. The van der Waals surface area contributed by atoms with Crippen molar-refractivity contribution in [1.82, 2.24) is 9.80 Å². The van der Waals surface area contributed by atoms with E-state index in [2.05, 4.69) is 0 Å². The number of thioether (sulfide) groups is 1. The first-order chi connectivity index (χ1) is 9.93. The molecule has 2 rings (SSSR count). The molecule has 0 spiro atoms. The van der Waals surface area contributed by atoms with Gasteiger partial charge in [-0.25, -0.2) is 14.0 Å². The van der Waals surface area contributed by atoms with Crippen molar-refractivity contribution < 1.29 is 19.1 Å². The van der Waals surface area contributed by atoms with E-state index in [9.17, 15) is 14.0 Å². The molecule has 114 valence electrons. The Morgan fingerprint density at radius 3 is 2.76 bits per heavy atom. The van der Waals surface area contributed by atoms with Crippen molar-refractivity contribution in [1.29, 1.82) is 0 Å². The van der Waals surface area contributed by atoms with Gasteiger partial charge >= 0.3 is 12.0 Å². The molecule has 1 saturated heterocycles. The van der Waals surface area contributed by atoms with Crippen molar-refractivity contribution in [3.8, 4) is 0 Å². The van der Waals surface area contributed by atoms with E-state index in [-0.39, 0.29) is 5.82 Å². The zero-order valence-electron chi connectivity index (χ0n) is 11.8. The molecular formula is C14H17FN2O3S. The summed E-state index contributed by atoms with van der Waals surface area (Å²) in [7, 11) is 1.56. The summed E-state index contributed by atoms with van der Waals surface area (Å²) in [5.41, 5.74) is 0.409. The Morgan fingerprint density at radius 2 is 2.14 bits per heavy atom. The fraction of sp³-hybridized carbons (Fsp3) is 0.429. The number of carbonyl (C=O) groups is 2. The topological polar surface area (TPSA) is 60.9 Å². The molecule has 1 aliphatic heterocycles. The Morgan fingerprint density at radius 1 is 1.48 bits per heavy atom. The van der Waals surface area contributed by atoms with Gasteiger partial charge in [-0.2, -0.15) is 0 Å². The third-order valence-corrected chi connectivity index (χ3v) is 4.66. The maximum absolute atomic E-state index is 13.8. The Labute approximate surface area is 126 Å². The molecule has 7 heteroatoms. The van der Waals surface area contributed by atoms with E-state index in [1.807, 2.05) is 0 Å². The molecule has 2 atom stereocenters. The average molecular weight is 312 g/mol. The average Bonchev–Trinajstić information content (AvgIpc) is 2.95. The second-order valence-electron chi connectivity index (χ2n) is 4.91. The van der Waals surface area contributed by atoms with Crippen LogP contribution in [0, 0.1) is 5.82 Å². The number of carbonyl (C=O) groups excluding carboxylic acids is 1. The minimum atomic E-state index is -1.01. The molecule has 1 fully saturated rings. The number of halogens is 1. The first-order valence-corrected chi connectivity index (χ1v) is 7.67. The number of urea groups is 1. The summed E-state index contributed by atoms with van der Waals surface area (Å²) < 4.78 is 13.8. The number of aliphatic carboxylic acids is 1. The molecule has 0 bridgehead atoms. The van der Waals surface area contributed by atoms with Crippen molar-refractivity contribution in [2.45, 2.75) is 19.0 Å². The molecule has 1 N–H and O–H groups in total. The lowest BCUT2D eigenvalue weighted by atomic mass is 10.1. The summed E-state index contributed by atoms with van der Waals surface area (Å²) in [6.45, 7) is 1.72. The van der Waals surface area contributed by atoms with Crippen molar-refractivity contribution in [3.63, 3.8) is 0 Å². The Hall–Kier alpha value is -1.76. The number of hydrogen-bond donors (Lipinski definition) is 1. The molecule has 5 nitrogen and oxygen atoms in total. The Kier molecular flexibility index (Phi) is 4.72. The van der Waals surface area contributed by atoms with Crippen LogP contribution in [0.5, 0.6) is 0 Å². The van der Waals surface area contributed by atoms with E-state index in [1.54, 1.807) is 32.2 Å². The van der Waals surface area contributed by atoms with Gasteiger partial charge in [0.1, 0.15) is 11.9 Å². The fourth-order valence-corrected chi connectivity index (χ4v) is 3.36. The molecule has 1 aromatic carbocycles. The quantitative estimate of drug-likeness (QED) is 0.931. The second-order valence-corrected chi connectivity index (χ2v) is 5.91. The zero-order chi connectivity index (χ0) is 15.6. The van der Waals surface area contributed by atoms with Crippen LogP contribution < -0.4 is 0 Å². The van der Waals surface area contributed by atoms with E-state index in [0.29, 0.717) is 17.2 Å². The summed E-state index contributed by atoms with van der Waals surface area (Å²) in [5, 5.41) is 9.13. The number of nitrogens with zero attached hydrogens (tertiary/aromatic N) is 2. The van der Waals surface area contributed by atoms with Gasteiger partial charge in [-0.15, -0.1) is 11.8 Å². The number of rotatable bonds is 3. The lowest BCUT2D eigenvalue weighted by Crippen LogP contribution is -2.48. The van der Waals surface area contributed by atoms with Crippen molar-refractivity contribution >= 4 is 23.8 Å². The van der Waals surface area contributed by atoms with Crippen LogP contribution in [0.3, 0.4) is 0 Å². The number of amides is 2. The largest absolute Gasteiger partial charge is 0.480 e. The molecule has 0 radical (unpaired) electrons. The first kappa shape index (κ1) is 15.6. The molecule has 0 aliphatic carbocycles. The predicted molar refractivity (Wildman–Crippen MR) is 78.6 cm³/mol. The van der Waals surface area contributed by atoms with Crippen molar-refractivity contribution in [2.24, 2.45) is 0 Å². The van der Waals surface area contributed by atoms with E-state index in [1.165, 1.54) is 27.6 Å². The van der Waals surface area contributed by atoms with Gasteiger partial charge < -0.3 is 14.9 Å². The molecular weight excluding hydrogens is 295 g/mol. The van der Waals surface area contributed by atoms with Gasteiger partial charge in [0.25, 0.3) is 0 Å². The van der Waals surface area contributed by atoms with Gasteiger partial charge in [0.05, 0.1) is 11.9 Å². The normalized spacial score (nSPS) is 19.4. The smallest absolute Gasteiger partial charge is 0.327 e. The Bertz CT molecular complexity index is 555. The van der Waals surface area contributed by atoms with Gasteiger partial charge in [0.15, 0.2) is 0 Å². The van der Waals surface area contributed by atoms with Crippen LogP contribution in [0.15, 0.2) is 24.3 Å². The van der Waals surface area contributed by atoms with Crippen molar-refractivity contribution in [2.75, 3.05) is 18.7 Å². The summed E-state index contributed by atoms with van der Waals surface area (Å²) in [5.74, 6) is -0.678. The van der Waals surface area contributed by atoms with Crippen LogP contribution in [0.4, 0.5) is 9.18 Å². The second kappa shape index (κ2) is 6.34. The van der Waals surface area contributed by atoms with Gasteiger partial charge in [-0.3, -0.25) is 0 Å². The number of carboxylic acid groups (broad SMARTS) is 1. The molecule has 2 amide bonds. The fourth-order valence-electron chi connectivity index (χ4n) is 2.23. The molecule has 1 heterocycles. The monoisotopic (exact) mass is 312 g/mol. The van der Waals surface area contributed by atoms with Crippen molar-refractivity contribution in [3.05, 3.63) is 35.6 Å². The molecule has 0 aromatic heterocycles. The van der Waals surface area contributed by atoms with E-state index in [0.717, 1.165) is 0 Å². The van der Waals surface area contributed by atoms with Crippen LogP contribution >= 0.6 is 11.8 Å². The van der Waals surface area contributed by atoms with E-state index < -0.39 is 24.1 Å². The first-order valence-electron chi connectivity index (χ1n) is 6.52. The standard InChI is InChI=1S/C14H17FN2O3S/c1-9(10-5-3-4-6-11(10)15)16(2)14(20)17-8-21-7-12(17)13(18)19/h3-6,9,12H,7-8H2,1-2H3,(H,18,19)/t9?,12-/m0/s1. The third kappa shape index (κ3) is 3.12. The lowest BCUT2D eigenvalue weighted by molar-refractivity contribution is -0.140. The van der Waals surface area contributed by atoms with Gasteiger partial charge in [0.2, 0.25) is 0 Å². The van der Waals surface area contributed by atoms with E-state index in [4.69, 9.17) is 5.11 Å². The number of benzene rings is 1. The molecule has 21 heavy (non-hydrogen) atoms. The summed E-state index contributed by atoms with van der Waals surface area (Å²) >= 11 is 1.40. The third-order valence-electron chi connectivity index (χ3n) is 3.65. The van der Waals surface area contributed by atoms with Crippen LogP contribution in [-0.4, -0.2) is 51.6 Å².